The summed E-state index contributed by atoms with van der Waals surface area (Å²) >= 11 is 0. The van der Waals surface area contributed by atoms with Crippen LogP contribution in [0.2, 0.25) is 0 Å². The van der Waals surface area contributed by atoms with Gasteiger partial charge >= 0.3 is 5.97 Å². The lowest BCUT2D eigenvalue weighted by molar-refractivity contribution is -0.119. The van der Waals surface area contributed by atoms with E-state index in [2.05, 4.69) is 5.32 Å². The van der Waals surface area contributed by atoms with E-state index < -0.39 is 30.1 Å². The van der Waals surface area contributed by atoms with Crippen LogP contribution >= 0.6 is 0 Å². The lowest BCUT2D eigenvalue weighted by atomic mass is 10.2. The minimum Gasteiger partial charge on any atom is -0.497 e. The van der Waals surface area contributed by atoms with E-state index in [-0.39, 0.29) is 5.56 Å². The Morgan fingerprint density at radius 1 is 1.00 bits per heavy atom. The van der Waals surface area contributed by atoms with Crippen molar-refractivity contribution in [1.29, 1.82) is 0 Å². The third kappa shape index (κ3) is 4.66. The SMILES string of the molecule is COc1ccc(OC)c(NC(=O)COC(=O)c2ccc(F)c(F)c2)c1. The summed E-state index contributed by atoms with van der Waals surface area (Å²) in [6.45, 7) is -0.613. The summed E-state index contributed by atoms with van der Waals surface area (Å²) < 4.78 is 40.9. The van der Waals surface area contributed by atoms with E-state index in [1.165, 1.54) is 20.3 Å². The maximum Gasteiger partial charge on any atom is 0.338 e. The van der Waals surface area contributed by atoms with E-state index in [1.807, 2.05) is 0 Å². The molecule has 0 saturated heterocycles. The lowest BCUT2D eigenvalue weighted by Crippen LogP contribution is -2.21. The average molecular weight is 351 g/mol. The van der Waals surface area contributed by atoms with Crippen LogP contribution in [-0.2, 0) is 9.53 Å². The van der Waals surface area contributed by atoms with Gasteiger partial charge < -0.3 is 19.5 Å². The van der Waals surface area contributed by atoms with Gasteiger partial charge in [0.15, 0.2) is 18.2 Å². The zero-order valence-electron chi connectivity index (χ0n) is 13.5. The van der Waals surface area contributed by atoms with E-state index in [0.29, 0.717) is 23.3 Å². The summed E-state index contributed by atoms with van der Waals surface area (Å²) in [5.41, 5.74) is 0.126. The van der Waals surface area contributed by atoms with Crippen LogP contribution in [0.25, 0.3) is 0 Å². The zero-order chi connectivity index (χ0) is 18.4. The predicted octanol–water partition coefficient (Wildman–Crippen LogP) is 2.78. The molecule has 0 bridgehead atoms. The second kappa shape index (κ2) is 8.09. The maximum atomic E-state index is 13.1. The molecule has 0 unspecified atom stereocenters. The van der Waals surface area contributed by atoms with Crippen molar-refractivity contribution in [1.82, 2.24) is 0 Å². The van der Waals surface area contributed by atoms with Crippen LogP contribution in [0.4, 0.5) is 14.5 Å². The molecule has 0 radical (unpaired) electrons. The van der Waals surface area contributed by atoms with Crippen molar-refractivity contribution in [3.8, 4) is 11.5 Å². The Bertz CT molecular complexity index is 795. The number of benzene rings is 2. The number of methoxy groups -OCH3 is 2. The fraction of sp³-hybridized carbons (Fsp3) is 0.176. The molecule has 1 amide bonds. The number of rotatable bonds is 6. The largest absolute Gasteiger partial charge is 0.497 e. The second-order valence-corrected chi connectivity index (χ2v) is 4.82. The number of nitrogens with one attached hydrogen (secondary N) is 1. The van der Waals surface area contributed by atoms with Gasteiger partial charge in [-0.3, -0.25) is 4.79 Å². The Labute approximate surface area is 142 Å². The number of esters is 1. The van der Waals surface area contributed by atoms with Crippen molar-refractivity contribution in [2.45, 2.75) is 0 Å². The van der Waals surface area contributed by atoms with Crippen LogP contribution < -0.4 is 14.8 Å². The van der Waals surface area contributed by atoms with E-state index in [1.54, 1.807) is 12.1 Å². The zero-order valence-corrected chi connectivity index (χ0v) is 13.5. The summed E-state index contributed by atoms with van der Waals surface area (Å²) in [4.78, 5) is 23.7. The molecule has 0 atom stereocenters. The first-order chi connectivity index (χ1) is 11.9. The van der Waals surface area contributed by atoms with Gasteiger partial charge in [-0.05, 0) is 30.3 Å². The Kier molecular flexibility index (Phi) is 5.89. The molecule has 132 valence electrons. The number of hydrogen-bond acceptors (Lipinski definition) is 5. The van der Waals surface area contributed by atoms with Crippen LogP contribution in [-0.4, -0.2) is 32.7 Å². The number of amides is 1. The molecule has 6 nitrogen and oxygen atoms in total. The van der Waals surface area contributed by atoms with Crippen LogP contribution in [0.3, 0.4) is 0 Å². The highest BCUT2D eigenvalue weighted by atomic mass is 19.2. The number of carbonyl (C=O) groups excluding carboxylic acids is 2. The van der Waals surface area contributed by atoms with Crippen molar-refractivity contribution >= 4 is 17.6 Å². The molecule has 8 heteroatoms. The van der Waals surface area contributed by atoms with Crippen molar-refractivity contribution in [3.05, 3.63) is 53.6 Å². The normalized spacial score (nSPS) is 10.1. The van der Waals surface area contributed by atoms with E-state index >= 15 is 0 Å². The molecule has 0 aliphatic heterocycles. The van der Waals surface area contributed by atoms with Gasteiger partial charge in [0.25, 0.3) is 5.91 Å². The summed E-state index contributed by atoms with van der Waals surface area (Å²) in [5.74, 6) is -2.97. The van der Waals surface area contributed by atoms with Crippen LogP contribution in [0.1, 0.15) is 10.4 Å². The van der Waals surface area contributed by atoms with Gasteiger partial charge in [-0.25, -0.2) is 13.6 Å². The number of halogens is 2. The van der Waals surface area contributed by atoms with Crippen LogP contribution in [0, 0.1) is 11.6 Å². The molecule has 1 N–H and O–H groups in total. The van der Waals surface area contributed by atoms with E-state index in [4.69, 9.17) is 14.2 Å². The summed E-state index contributed by atoms with van der Waals surface area (Å²) in [5, 5.41) is 2.51. The standard InChI is InChI=1S/C17H15F2NO5/c1-23-11-4-6-15(24-2)14(8-11)20-16(21)9-25-17(22)10-3-5-12(18)13(19)7-10/h3-8H,9H2,1-2H3,(H,20,21). The highest BCUT2D eigenvalue weighted by molar-refractivity contribution is 5.96. The second-order valence-electron chi connectivity index (χ2n) is 4.82. The average Bonchev–Trinajstić information content (AvgIpc) is 2.61. The maximum absolute atomic E-state index is 13.1. The Balaban J connectivity index is 1.98. The van der Waals surface area contributed by atoms with Gasteiger partial charge in [0, 0.05) is 6.07 Å². The first-order valence-corrected chi connectivity index (χ1v) is 7.08. The van der Waals surface area contributed by atoms with Crippen molar-refractivity contribution < 1.29 is 32.6 Å². The van der Waals surface area contributed by atoms with Crippen LogP contribution in [0.5, 0.6) is 11.5 Å². The monoisotopic (exact) mass is 351 g/mol. The van der Waals surface area contributed by atoms with Gasteiger partial charge in [0.2, 0.25) is 0 Å². The summed E-state index contributed by atoms with van der Waals surface area (Å²) in [6, 6.07) is 7.34. The molecule has 0 heterocycles. The fourth-order valence-corrected chi connectivity index (χ4v) is 1.94. The van der Waals surface area contributed by atoms with Crippen LogP contribution in [0.15, 0.2) is 36.4 Å². The Morgan fingerprint density at radius 3 is 2.40 bits per heavy atom. The number of carbonyl (C=O) groups is 2. The minimum atomic E-state index is -1.18. The third-order valence-corrected chi connectivity index (χ3v) is 3.17. The van der Waals surface area contributed by atoms with Crippen molar-refractivity contribution in [2.24, 2.45) is 0 Å². The fourth-order valence-electron chi connectivity index (χ4n) is 1.94. The Morgan fingerprint density at radius 2 is 1.76 bits per heavy atom. The van der Waals surface area contributed by atoms with Crippen molar-refractivity contribution in [3.63, 3.8) is 0 Å². The quantitative estimate of drug-likeness (QED) is 0.810. The number of anilines is 1. The molecule has 0 aromatic heterocycles. The predicted molar refractivity (Wildman–Crippen MR) is 84.8 cm³/mol. The molecule has 2 aromatic rings. The first kappa shape index (κ1) is 18.2. The summed E-state index contributed by atoms with van der Waals surface area (Å²) in [6.07, 6.45) is 0. The number of ether oxygens (including phenoxy) is 3. The first-order valence-electron chi connectivity index (χ1n) is 7.08. The molecular formula is C17H15F2NO5. The molecule has 0 fully saturated rings. The molecule has 0 aliphatic rings. The molecule has 0 aliphatic carbocycles. The molecule has 2 rings (SSSR count). The highest BCUT2D eigenvalue weighted by Crippen LogP contribution is 2.28. The molecule has 0 saturated carbocycles. The van der Waals surface area contributed by atoms with Gasteiger partial charge in [-0.2, -0.15) is 0 Å². The number of hydrogen-bond donors (Lipinski definition) is 1. The molecule has 0 spiro atoms. The molecule has 25 heavy (non-hydrogen) atoms. The van der Waals surface area contributed by atoms with Gasteiger partial charge in [0.05, 0.1) is 25.5 Å². The van der Waals surface area contributed by atoms with E-state index in [0.717, 1.165) is 12.1 Å². The van der Waals surface area contributed by atoms with Crippen molar-refractivity contribution in [2.75, 3.05) is 26.1 Å². The smallest absolute Gasteiger partial charge is 0.338 e. The summed E-state index contributed by atoms with van der Waals surface area (Å²) in [7, 11) is 2.90. The highest BCUT2D eigenvalue weighted by Gasteiger charge is 2.14. The minimum absolute atomic E-state index is 0.203. The topological polar surface area (TPSA) is 73.9 Å². The third-order valence-electron chi connectivity index (χ3n) is 3.17. The molecule has 2 aromatic carbocycles. The van der Waals surface area contributed by atoms with Gasteiger partial charge in [-0.15, -0.1) is 0 Å². The van der Waals surface area contributed by atoms with E-state index in [9.17, 15) is 18.4 Å². The van der Waals surface area contributed by atoms with Gasteiger partial charge in [-0.1, -0.05) is 0 Å². The lowest BCUT2D eigenvalue weighted by Gasteiger charge is -2.12. The molecular weight excluding hydrogens is 336 g/mol. The van der Waals surface area contributed by atoms with Gasteiger partial charge in [0.1, 0.15) is 11.5 Å². The Hall–Kier alpha value is -3.16.